The molecule has 0 amide bonds. The molecule has 0 N–H and O–H groups in total. The predicted octanol–water partition coefficient (Wildman–Crippen LogP) is 39.6. The maximum atomic E-state index is 6.67. The molecule has 141 heavy (non-hydrogen) atoms. The summed E-state index contributed by atoms with van der Waals surface area (Å²) in [6.45, 7) is 0. The second-order valence-electron chi connectivity index (χ2n) is 36.2. The lowest BCUT2D eigenvalue weighted by molar-refractivity contribution is 0.673. The lowest BCUT2D eigenvalue weighted by Crippen LogP contribution is -1.93. The van der Waals surface area contributed by atoms with E-state index in [4.69, 9.17) is 4.42 Å². The molecular weight excluding hydrogens is 1800 g/mol. The Kier molecular flexibility index (Phi) is 19.9. The summed E-state index contributed by atoms with van der Waals surface area (Å²) in [5.41, 5.74) is 35.2. The Hall–Kier alpha value is -16.9. The highest BCUT2D eigenvalue weighted by Gasteiger charge is 2.27. The fourth-order valence-electron chi connectivity index (χ4n) is 21.9. The number of aromatic nitrogens is 3. The van der Waals surface area contributed by atoms with Gasteiger partial charge in [0.15, 0.2) is 5.58 Å². The molecule has 0 saturated carbocycles. The van der Waals surface area contributed by atoms with Crippen LogP contribution in [0.3, 0.4) is 0 Å². The summed E-state index contributed by atoms with van der Waals surface area (Å²) < 4.78 is 27.2. The summed E-state index contributed by atoms with van der Waals surface area (Å²) in [5.74, 6) is 0. The van der Waals surface area contributed by atoms with Gasteiger partial charge < -0.3 is 18.1 Å². The second kappa shape index (κ2) is 34.1. The molecule has 0 saturated heterocycles. The van der Waals surface area contributed by atoms with E-state index in [1.165, 1.54) is 229 Å². The first-order valence-corrected chi connectivity index (χ1v) is 51.9. The van der Waals surface area contributed by atoms with Crippen LogP contribution in [0.5, 0.6) is 0 Å². The molecule has 21 aromatic carbocycles. The quantitative estimate of drug-likeness (QED) is 0.120. The summed E-state index contributed by atoms with van der Waals surface area (Å²) in [6.07, 6.45) is 0. The number of hydrogen-bond donors (Lipinski definition) is 0. The van der Waals surface area contributed by atoms with Gasteiger partial charge in [0.05, 0.1) is 42.4 Å². The Morgan fingerprint density at radius 3 is 0.943 bits per heavy atom. The molecule has 0 aliphatic heterocycles. The Balaban J connectivity index is 0.000000104. The fraction of sp³-hybridized carbons (Fsp3) is 0. The van der Waals surface area contributed by atoms with Gasteiger partial charge in [0.1, 0.15) is 11.1 Å². The molecule has 0 spiro atoms. The van der Waals surface area contributed by atoms with E-state index in [0.29, 0.717) is 0 Å². The molecular formula is C132H81N3OS5. The van der Waals surface area contributed by atoms with Crippen LogP contribution in [0.2, 0.25) is 0 Å². The van der Waals surface area contributed by atoms with E-state index in [-0.39, 0.29) is 0 Å². The van der Waals surface area contributed by atoms with Crippen molar-refractivity contribution >= 4 is 213 Å². The normalized spacial score (nSPS) is 11.8. The van der Waals surface area contributed by atoms with Crippen LogP contribution >= 0.6 is 56.7 Å². The topological polar surface area (TPSA) is 27.9 Å². The van der Waals surface area contributed by atoms with Crippen LogP contribution in [0.4, 0.5) is 0 Å². The van der Waals surface area contributed by atoms with Crippen molar-refractivity contribution in [2.45, 2.75) is 0 Å². The van der Waals surface area contributed by atoms with E-state index in [0.717, 1.165) is 44.2 Å². The minimum Gasteiger partial charge on any atom is -0.454 e. The fourth-order valence-corrected chi connectivity index (χ4v) is 28.4. The van der Waals surface area contributed by atoms with Crippen molar-refractivity contribution in [3.63, 3.8) is 0 Å². The van der Waals surface area contributed by atoms with Gasteiger partial charge in [0.25, 0.3) is 0 Å². The highest BCUT2D eigenvalue weighted by molar-refractivity contribution is 7.28. The van der Waals surface area contributed by atoms with Gasteiger partial charge in [0, 0.05) is 114 Å². The molecule has 0 unspecified atom stereocenters. The predicted molar refractivity (Wildman–Crippen MR) is 610 cm³/mol. The zero-order valence-corrected chi connectivity index (χ0v) is 80.1. The third-order valence-corrected chi connectivity index (χ3v) is 34.4. The van der Waals surface area contributed by atoms with Crippen LogP contribution in [0.25, 0.3) is 273 Å². The summed E-state index contributed by atoms with van der Waals surface area (Å²) in [6, 6.07) is 178. The maximum Gasteiger partial charge on any atom is 0.161 e. The minimum atomic E-state index is 0.896. The maximum absolute atomic E-state index is 6.67. The van der Waals surface area contributed by atoms with Crippen LogP contribution in [0.1, 0.15) is 0 Å². The van der Waals surface area contributed by atoms with E-state index in [1.807, 2.05) is 56.7 Å². The first-order chi connectivity index (χ1) is 70.0. The van der Waals surface area contributed by atoms with Gasteiger partial charge in [-0.3, -0.25) is 0 Å². The van der Waals surface area contributed by atoms with E-state index < -0.39 is 0 Å². The molecule has 0 fully saturated rings. The number of rotatable bonds is 12. The molecule has 0 radical (unpaired) electrons. The summed E-state index contributed by atoms with van der Waals surface area (Å²) in [7, 11) is 0. The van der Waals surface area contributed by atoms with Crippen molar-refractivity contribution in [1.82, 2.24) is 13.7 Å². The molecule has 9 heteroatoms. The van der Waals surface area contributed by atoms with Gasteiger partial charge in [0.2, 0.25) is 0 Å². The molecule has 9 aromatic heterocycles. The molecule has 9 heterocycles. The van der Waals surface area contributed by atoms with Gasteiger partial charge in [-0.1, -0.05) is 388 Å². The second-order valence-corrected chi connectivity index (χ2v) is 41.4. The van der Waals surface area contributed by atoms with Crippen LogP contribution in [-0.2, 0) is 0 Å². The molecule has 30 rings (SSSR count). The van der Waals surface area contributed by atoms with Gasteiger partial charge in [-0.25, -0.2) is 0 Å². The first-order valence-electron chi connectivity index (χ1n) is 47.8. The Bertz CT molecular complexity index is 10200. The number of furan rings is 1. The first kappa shape index (κ1) is 82.4. The SMILES string of the molecule is c1ccc(-c2ccc3c(c2)sc2cc(-c4cccc(-c5cccc6c5sc5c7ccccc7n(-c7ccccc7)c65)c4)ccc23)cc1.c1ccc(-c2cccc3c2sc2c(-c4cccc(-c5cccc6c5sc5c7ccccc7n(-c7ccccc7)c65)c4)cccc23)cc1.c1ccc(-c2cccc3c2sc2cccc(-c4cccc(-c5cccc6oc7c8ccccc8n(-c8ccccc8)c7c56)c4)c23)cc1. The number of para-hydroxylation sites is 6. The number of nitrogens with zero attached hydrogens (tertiary/aromatic N) is 3. The largest absolute Gasteiger partial charge is 0.454 e. The van der Waals surface area contributed by atoms with Crippen molar-refractivity contribution in [2.75, 3.05) is 0 Å². The van der Waals surface area contributed by atoms with Gasteiger partial charge in [-0.2, -0.15) is 0 Å². The van der Waals surface area contributed by atoms with Gasteiger partial charge in [-0.05, 0) is 203 Å². The minimum absolute atomic E-state index is 0.896. The van der Waals surface area contributed by atoms with Gasteiger partial charge in [-0.15, -0.1) is 56.7 Å². The van der Waals surface area contributed by atoms with Crippen LogP contribution in [0.15, 0.2) is 496 Å². The lowest BCUT2D eigenvalue weighted by atomic mass is 9.94. The van der Waals surface area contributed by atoms with E-state index >= 15 is 0 Å². The van der Waals surface area contributed by atoms with E-state index in [9.17, 15) is 0 Å². The summed E-state index contributed by atoms with van der Waals surface area (Å²) >= 11 is 9.51. The van der Waals surface area contributed by atoms with E-state index in [1.54, 1.807) is 0 Å². The molecule has 0 atom stereocenters. The Morgan fingerprint density at radius 2 is 0.461 bits per heavy atom. The number of hydrogen-bond acceptors (Lipinski definition) is 6. The number of benzene rings is 21. The van der Waals surface area contributed by atoms with Crippen LogP contribution in [0, 0.1) is 0 Å². The highest BCUT2D eigenvalue weighted by atomic mass is 32.1. The molecule has 4 nitrogen and oxygen atoms in total. The molecule has 0 bridgehead atoms. The zero-order valence-electron chi connectivity index (χ0n) is 76.1. The monoisotopic (exact) mass is 1880 g/mol. The average Bonchev–Trinajstić information content (AvgIpc) is 1.56. The Labute approximate surface area is 832 Å². The summed E-state index contributed by atoms with van der Waals surface area (Å²) in [4.78, 5) is 0. The molecule has 0 aliphatic rings. The molecule has 660 valence electrons. The number of thiophene rings is 5. The van der Waals surface area contributed by atoms with Gasteiger partial charge >= 0.3 is 0 Å². The van der Waals surface area contributed by atoms with Crippen molar-refractivity contribution in [3.8, 4) is 117 Å². The van der Waals surface area contributed by atoms with Crippen molar-refractivity contribution in [2.24, 2.45) is 0 Å². The third kappa shape index (κ3) is 13.8. The smallest absolute Gasteiger partial charge is 0.161 e. The van der Waals surface area contributed by atoms with E-state index in [2.05, 4.69) is 505 Å². The number of fused-ring (bicyclic) bond motifs is 24. The standard InChI is InChI=1S/C44H27NOS.2C44H27NS2/c1-3-13-28(14-4-1)34-22-10-23-36-40-32(21-12-26-39(40)47-44(34)36)29-15-9-16-30(27-29)33-20-11-25-38-41(33)42-43(46-38)35-19-7-8-24-37(35)45(42)31-17-5-2-6-18-31;1-3-13-28(14-4-1)32-20-10-23-35-36-24-11-21-33(42(36)46-41(32)35)29-15-9-16-30(27-29)34-22-12-25-38-40-44(47-43(34)38)37-19-7-8-26-39(37)45(40)31-17-5-2-6-18-31;1-3-11-28(12-4-1)30-21-23-35-36-24-22-31(27-41(36)46-40(35)26-30)29-13-9-14-32(25-29)34-18-10-19-38-42-44(47-43(34)38)37-17-7-8-20-39(37)45(42)33-15-5-2-6-16-33/h3*1-27H. The summed E-state index contributed by atoms with van der Waals surface area (Å²) in [5, 5.41) is 15.4. The highest BCUT2D eigenvalue weighted by Crippen LogP contribution is 2.53. The van der Waals surface area contributed by atoms with Crippen molar-refractivity contribution < 1.29 is 4.42 Å². The average molecular weight is 1890 g/mol. The molecule has 0 aliphatic carbocycles. The van der Waals surface area contributed by atoms with Crippen LogP contribution in [-0.4, -0.2) is 13.7 Å². The lowest BCUT2D eigenvalue weighted by Gasteiger charge is -2.11. The van der Waals surface area contributed by atoms with Crippen molar-refractivity contribution in [1.29, 1.82) is 0 Å². The van der Waals surface area contributed by atoms with Crippen molar-refractivity contribution in [3.05, 3.63) is 491 Å². The molecule has 30 aromatic rings. The van der Waals surface area contributed by atoms with Crippen LogP contribution < -0.4 is 0 Å². The third-order valence-electron chi connectivity index (χ3n) is 28.2. The Morgan fingerprint density at radius 1 is 0.156 bits per heavy atom. The zero-order chi connectivity index (χ0) is 92.7.